The van der Waals surface area contributed by atoms with E-state index < -0.39 is 34.4 Å². The van der Waals surface area contributed by atoms with Gasteiger partial charge in [-0.3, -0.25) is 9.59 Å². The fourth-order valence-electron chi connectivity index (χ4n) is 4.51. The van der Waals surface area contributed by atoms with Gasteiger partial charge in [0.25, 0.3) is 11.6 Å². The van der Waals surface area contributed by atoms with Crippen LogP contribution < -0.4 is 11.1 Å². The van der Waals surface area contributed by atoms with Crippen molar-refractivity contribution in [1.29, 1.82) is 0 Å². The lowest BCUT2D eigenvalue weighted by Gasteiger charge is -2.37. The monoisotopic (exact) mass is 493 g/mol. The number of likely N-dealkylation sites (tertiary alicyclic amines) is 1. The molecule has 0 aromatic heterocycles. The lowest BCUT2D eigenvalue weighted by atomic mass is 9.83. The van der Waals surface area contributed by atoms with Crippen molar-refractivity contribution >= 4 is 21.1 Å². The van der Waals surface area contributed by atoms with E-state index in [0.29, 0.717) is 38.1 Å². The zero-order valence-electron chi connectivity index (χ0n) is 18.1. The molecular formula is C22H29F5N3O2P. The molecule has 2 aliphatic rings. The normalized spacial score (nSPS) is 22.8. The number of nitrogens with one attached hydrogen (secondary N) is 1. The molecule has 1 heterocycles. The van der Waals surface area contributed by atoms with Gasteiger partial charge in [0.1, 0.15) is 0 Å². The number of nitrogens with zero attached hydrogens (tertiary/aromatic N) is 1. The van der Waals surface area contributed by atoms with Crippen molar-refractivity contribution in [3.8, 4) is 0 Å². The fourth-order valence-corrected chi connectivity index (χ4v) is 4.68. The van der Waals surface area contributed by atoms with Crippen LogP contribution in [0.5, 0.6) is 0 Å². The van der Waals surface area contributed by atoms with E-state index in [1.165, 1.54) is 9.24 Å². The fraction of sp³-hybridized carbons (Fsp3) is 0.636. The van der Waals surface area contributed by atoms with E-state index in [1.54, 1.807) is 4.90 Å². The largest absolute Gasteiger partial charge is 0.416 e. The summed E-state index contributed by atoms with van der Waals surface area (Å²) in [5.74, 6) is -0.894. The van der Waals surface area contributed by atoms with Gasteiger partial charge in [0, 0.05) is 36.8 Å². The number of carbonyl (C=O) groups is 2. The second-order valence-electron chi connectivity index (χ2n) is 8.95. The Balaban J connectivity index is 1.57. The van der Waals surface area contributed by atoms with Gasteiger partial charge >= 0.3 is 6.18 Å². The molecule has 0 bridgehead atoms. The lowest BCUT2D eigenvalue weighted by Crippen LogP contribution is -2.49. The molecule has 1 aromatic carbocycles. The Labute approximate surface area is 191 Å². The number of amides is 2. The summed E-state index contributed by atoms with van der Waals surface area (Å²) in [6.07, 6.45) is 0.0720. The Bertz CT molecular complexity index is 834. The summed E-state index contributed by atoms with van der Waals surface area (Å²) in [7, 11) is 1.18. The van der Waals surface area contributed by atoms with Crippen LogP contribution in [0.1, 0.15) is 60.0 Å². The first-order valence-electron chi connectivity index (χ1n) is 11.1. The first kappa shape index (κ1) is 25.8. The average Bonchev–Trinajstić information content (AvgIpc) is 2.76. The van der Waals surface area contributed by atoms with Gasteiger partial charge in [0.2, 0.25) is 5.91 Å². The van der Waals surface area contributed by atoms with E-state index in [-0.39, 0.29) is 30.3 Å². The molecule has 5 nitrogen and oxygen atoms in total. The smallest absolute Gasteiger partial charge is 0.352 e. The molecule has 2 amide bonds. The number of hydrogen-bond donors (Lipinski definition) is 2. The van der Waals surface area contributed by atoms with Crippen LogP contribution >= 0.6 is 9.24 Å². The van der Waals surface area contributed by atoms with Crippen LogP contribution in [0.25, 0.3) is 0 Å². The highest BCUT2D eigenvalue weighted by Gasteiger charge is 2.36. The predicted molar refractivity (Wildman–Crippen MR) is 117 cm³/mol. The minimum Gasteiger partial charge on any atom is -0.352 e. The predicted octanol–water partition coefficient (Wildman–Crippen LogP) is 4.12. The summed E-state index contributed by atoms with van der Waals surface area (Å²) in [5, 5.41) is 2.56. The summed E-state index contributed by atoms with van der Waals surface area (Å²) in [6.45, 7) is 1.23. The second-order valence-corrected chi connectivity index (χ2v) is 9.68. The highest BCUT2D eigenvalue weighted by Crippen LogP contribution is 2.39. The molecule has 1 aliphatic carbocycles. The molecule has 3 atom stereocenters. The summed E-state index contributed by atoms with van der Waals surface area (Å²) >= 11 is 0. The van der Waals surface area contributed by atoms with Crippen LogP contribution in [0.4, 0.5) is 22.0 Å². The highest BCUT2D eigenvalue weighted by molar-refractivity contribution is 7.17. The highest BCUT2D eigenvalue weighted by atomic mass is 31.0. The Kier molecular flexibility index (Phi) is 7.99. The van der Waals surface area contributed by atoms with E-state index in [4.69, 9.17) is 5.73 Å². The lowest BCUT2D eigenvalue weighted by molar-refractivity contribution is -0.139. The molecule has 184 valence electrons. The van der Waals surface area contributed by atoms with Gasteiger partial charge in [-0.25, -0.2) is 0 Å². The topological polar surface area (TPSA) is 75.4 Å². The Hall–Kier alpha value is -1.80. The molecule has 33 heavy (non-hydrogen) atoms. The third kappa shape index (κ3) is 6.63. The van der Waals surface area contributed by atoms with Crippen LogP contribution in [0, 0.1) is 11.8 Å². The third-order valence-electron chi connectivity index (χ3n) is 6.52. The van der Waals surface area contributed by atoms with Crippen molar-refractivity contribution in [2.24, 2.45) is 17.6 Å². The number of halogens is 5. The van der Waals surface area contributed by atoms with Gasteiger partial charge in [-0.15, -0.1) is 0 Å². The molecule has 0 spiro atoms. The number of carbonyl (C=O) groups excluding carboxylic acids is 2. The van der Waals surface area contributed by atoms with Gasteiger partial charge in [-0.05, 0) is 49.8 Å². The van der Waals surface area contributed by atoms with Crippen molar-refractivity contribution in [1.82, 2.24) is 10.2 Å². The van der Waals surface area contributed by atoms with Gasteiger partial charge in [0.05, 0.1) is 11.5 Å². The van der Waals surface area contributed by atoms with Crippen molar-refractivity contribution in [2.75, 3.05) is 19.6 Å². The third-order valence-corrected chi connectivity index (χ3v) is 6.85. The zero-order valence-corrected chi connectivity index (χ0v) is 19.3. The number of benzene rings is 1. The van der Waals surface area contributed by atoms with Gasteiger partial charge < -0.3 is 16.0 Å². The van der Waals surface area contributed by atoms with Crippen LogP contribution in [0.3, 0.4) is 0 Å². The number of hydrogen-bond acceptors (Lipinski definition) is 3. The SMILES string of the molecule is N[C@@H]1CCCC[C@H]1C(=O)N1CCC(CNC(=O)c2cc(C(F)(F)F)cc(C(F)(F)P)c2)CC1. The van der Waals surface area contributed by atoms with Gasteiger partial charge in [0.15, 0.2) is 0 Å². The Morgan fingerprint density at radius 2 is 1.61 bits per heavy atom. The molecular weight excluding hydrogens is 464 g/mol. The average molecular weight is 493 g/mol. The van der Waals surface area contributed by atoms with Gasteiger partial charge in [-0.2, -0.15) is 22.0 Å². The first-order chi connectivity index (χ1) is 15.4. The van der Waals surface area contributed by atoms with E-state index in [9.17, 15) is 31.5 Å². The minimum absolute atomic E-state index is 0.0338. The quantitative estimate of drug-likeness (QED) is 0.479. The van der Waals surface area contributed by atoms with Crippen LogP contribution in [0.15, 0.2) is 18.2 Å². The minimum atomic E-state index is -4.86. The Morgan fingerprint density at radius 1 is 1.00 bits per heavy atom. The van der Waals surface area contributed by atoms with Crippen LogP contribution in [0.2, 0.25) is 0 Å². The van der Waals surface area contributed by atoms with Crippen LogP contribution in [-0.2, 0) is 16.6 Å². The molecule has 1 aromatic rings. The van der Waals surface area contributed by atoms with Crippen molar-refractivity contribution < 1.29 is 31.5 Å². The molecule has 11 heteroatoms. The standard InChI is InChI=1S/C22H29F5N3O2P/c23-21(24,25)15-9-14(10-16(11-15)22(26,27)33)19(31)29-12-13-5-7-30(8-6-13)20(32)17-3-1-2-4-18(17)28/h9-11,13,17-18H,1-8,12,28,33H2,(H,29,31)/t17-,18-/m1/s1. The molecule has 1 saturated carbocycles. The molecule has 2 fully saturated rings. The van der Waals surface area contributed by atoms with E-state index in [2.05, 4.69) is 5.32 Å². The maximum Gasteiger partial charge on any atom is 0.416 e. The molecule has 1 unspecified atom stereocenters. The van der Waals surface area contributed by atoms with E-state index >= 15 is 0 Å². The maximum atomic E-state index is 13.6. The second kappa shape index (κ2) is 10.2. The molecule has 1 saturated heterocycles. The van der Waals surface area contributed by atoms with Crippen molar-refractivity contribution in [2.45, 2.75) is 56.4 Å². The number of rotatable bonds is 5. The summed E-state index contributed by atoms with van der Waals surface area (Å²) < 4.78 is 66.6. The number of piperidine rings is 1. The summed E-state index contributed by atoms with van der Waals surface area (Å²) in [5.41, 5.74) is -0.169. The molecule has 1 aliphatic heterocycles. The molecule has 0 radical (unpaired) electrons. The molecule has 3 rings (SSSR count). The van der Waals surface area contributed by atoms with Crippen molar-refractivity contribution in [3.63, 3.8) is 0 Å². The summed E-state index contributed by atoms with van der Waals surface area (Å²) in [4.78, 5) is 27.0. The summed E-state index contributed by atoms with van der Waals surface area (Å²) in [6, 6.07) is 1.57. The zero-order chi connectivity index (χ0) is 24.4. The Morgan fingerprint density at radius 3 is 2.18 bits per heavy atom. The van der Waals surface area contributed by atoms with E-state index in [1.807, 2.05) is 0 Å². The van der Waals surface area contributed by atoms with Crippen molar-refractivity contribution in [3.05, 3.63) is 34.9 Å². The van der Waals surface area contributed by atoms with Gasteiger partial charge in [-0.1, -0.05) is 22.1 Å². The number of alkyl halides is 5. The molecule has 3 N–H and O–H groups in total. The maximum absolute atomic E-state index is 13.6. The van der Waals surface area contributed by atoms with Crippen LogP contribution in [-0.4, -0.2) is 42.4 Å². The first-order valence-corrected chi connectivity index (χ1v) is 11.7. The number of nitrogens with two attached hydrogens (primary N) is 1. The van der Waals surface area contributed by atoms with E-state index in [0.717, 1.165) is 31.7 Å².